The van der Waals surface area contributed by atoms with Crippen LogP contribution in [0.25, 0.3) is 0 Å². The molecule has 0 amide bonds. The molecule has 0 heterocycles. The maximum atomic E-state index is 10.1. The topological polar surface area (TPSA) is 58.3 Å². The summed E-state index contributed by atoms with van der Waals surface area (Å²) in [6.07, 6.45) is 0.532. The Bertz CT molecular complexity index is 557. The maximum absolute atomic E-state index is 10.1. The Kier molecular flexibility index (Phi) is 11.9. The molecule has 0 aliphatic carbocycles. The van der Waals surface area contributed by atoms with E-state index in [1.807, 2.05) is 24.3 Å². The molecule has 2 unspecified atom stereocenters. The minimum Gasteiger partial charge on any atom is -0.390 e. The zero-order valence-electron chi connectivity index (χ0n) is 12.7. The fourth-order valence-electron chi connectivity index (χ4n) is 2.16. The lowest BCUT2D eigenvalue weighted by molar-refractivity contribution is 0.120. The average molecular weight is 469 g/mol. The molecule has 128 valence electrons. The van der Waals surface area contributed by atoms with Crippen molar-refractivity contribution in [3.05, 3.63) is 69.3 Å². The number of nitrogens with one attached hydrogen (secondary N) is 1. The van der Waals surface area contributed by atoms with Crippen LogP contribution in [0.2, 0.25) is 0 Å². The highest BCUT2D eigenvalue weighted by molar-refractivity contribution is 14.1. The first kappa shape index (κ1) is 22.6. The number of aliphatic hydroxyl groups excluding tert-OH is 1. The highest BCUT2D eigenvalue weighted by atomic mass is 127. The largest absolute Gasteiger partial charge is 0.390 e. The van der Waals surface area contributed by atoms with Gasteiger partial charge in [0, 0.05) is 10.1 Å². The van der Waals surface area contributed by atoms with Crippen molar-refractivity contribution < 1.29 is 5.11 Å². The molecule has 0 aromatic heterocycles. The van der Waals surface area contributed by atoms with Crippen molar-refractivity contribution in [2.75, 3.05) is 0 Å². The van der Waals surface area contributed by atoms with Gasteiger partial charge in [-0.15, -0.1) is 24.8 Å². The quantitative estimate of drug-likeness (QED) is 0.430. The summed E-state index contributed by atoms with van der Waals surface area (Å²) in [7, 11) is 0. The SMILES string of the molecule is Cl.Cl.NC(NCc1cccc(I)c1)C(O)CCc1ccccc1. The summed E-state index contributed by atoms with van der Waals surface area (Å²) >= 11 is 2.29. The van der Waals surface area contributed by atoms with Gasteiger partial charge in [-0.05, 0) is 58.7 Å². The Morgan fingerprint density at radius 2 is 1.65 bits per heavy atom. The summed E-state index contributed by atoms with van der Waals surface area (Å²) in [4.78, 5) is 0. The minimum atomic E-state index is -0.548. The molecule has 2 atom stereocenters. The van der Waals surface area contributed by atoms with Crippen molar-refractivity contribution in [3.8, 4) is 0 Å². The van der Waals surface area contributed by atoms with Gasteiger partial charge in [0.2, 0.25) is 0 Å². The van der Waals surface area contributed by atoms with Crippen molar-refractivity contribution in [1.29, 1.82) is 0 Å². The molecule has 3 nitrogen and oxygen atoms in total. The summed E-state index contributed by atoms with van der Waals surface area (Å²) < 4.78 is 1.20. The van der Waals surface area contributed by atoms with Gasteiger partial charge in [-0.1, -0.05) is 42.5 Å². The lowest BCUT2D eigenvalue weighted by atomic mass is 10.1. The van der Waals surface area contributed by atoms with Crippen molar-refractivity contribution in [1.82, 2.24) is 5.32 Å². The second-order valence-electron chi connectivity index (χ2n) is 5.13. The maximum Gasteiger partial charge on any atom is 0.0825 e. The van der Waals surface area contributed by atoms with E-state index < -0.39 is 12.3 Å². The van der Waals surface area contributed by atoms with Gasteiger partial charge in [0.1, 0.15) is 0 Å². The second kappa shape index (κ2) is 12.1. The highest BCUT2D eigenvalue weighted by Gasteiger charge is 2.14. The summed E-state index contributed by atoms with van der Waals surface area (Å²) in [6, 6.07) is 18.4. The summed E-state index contributed by atoms with van der Waals surface area (Å²) in [5.41, 5.74) is 8.40. The molecule has 0 saturated heterocycles. The summed E-state index contributed by atoms with van der Waals surface area (Å²) in [6.45, 7) is 0.667. The molecule has 0 radical (unpaired) electrons. The molecule has 2 aromatic rings. The van der Waals surface area contributed by atoms with Crippen LogP contribution in [0.4, 0.5) is 0 Å². The lowest BCUT2D eigenvalue weighted by Crippen LogP contribution is -2.46. The van der Waals surface area contributed by atoms with Crippen LogP contribution in [-0.2, 0) is 13.0 Å². The fourth-order valence-corrected chi connectivity index (χ4v) is 2.77. The molecule has 0 saturated carbocycles. The number of halogens is 3. The van der Waals surface area contributed by atoms with Crippen LogP contribution in [0.5, 0.6) is 0 Å². The van der Waals surface area contributed by atoms with Crippen molar-refractivity contribution in [2.24, 2.45) is 5.73 Å². The molecule has 2 aromatic carbocycles. The second-order valence-corrected chi connectivity index (χ2v) is 6.37. The Hall–Kier alpha value is -0.370. The zero-order chi connectivity index (χ0) is 15.1. The number of benzene rings is 2. The third kappa shape index (κ3) is 8.33. The van der Waals surface area contributed by atoms with Gasteiger partial charge in [0.05, 0.1) is 12.3 Å². The van der Waals surface area contributed by atoms with Gasteiger partial charge in [0.25, 0.3) is 0 Å². The molecule has 0 bridgehead atoms. The number of aryl methyl sites for hydroxylation is 1. The van der Waals surface area contributed by atoms with Crippen LogP contribution in [0.3, 0.4) is 0 Å². The van der Waals surface area contributed by atoms with Crippen LogP contribution in [0.15, 0.2) is 54.6 Å². The van der Waals surface area contributed by atoms with E-state index in [4.69, 9.17) is 5.73 Å². The van der Waals surface area contributed by atoms with Gasteiger partial charge < -0.3 is 10.8 Å². The average Bonchev–Trinajstić information content (AvgIpc) is 2.51. The van der Waals surface area contributed by atoms with Crippen molar-refractivity contribution in [2.45, 2.75) is 31.7 Å². The van der Waals surface area contributed by atoms with E-state index in [0.717, 1.165) is 6.42 Å². The fraction of sp³-hybridized carbons (Fsp3) is 0.294. The first-order valence-electron chi connectivity index (χ1n) is 7.10. The first-order chi connectivity index (χ1) is 10.1. The van der Waals surface area contributed by atoms with Crippen LogP contribution in [-0.4, -0.2) is 17.4 Å². The van der Waals surface area contributed by atoms with E-state index in [2.05, 4.69) is 58.2 Å². The molecular formula is C17H23Cl2IN2O. The van der Waals surface area contributed by atoms with E-state index >= 15 is 0 Å². The zero-order valence-corrected chi connectivity index (χ0v) is 16.5. The summed E-state index contributed by atoms with van der Waals surface area (Å²) in [5, 5.41) is 13.3. The van der Waals surface area contributed by atoms with Crippen LogP contribution >= 0.6 is 47.4 Å². The Morgan fingerprint density at radius 3 is 2.30 bits per heavy atom. The first-order valence-corrected chi connectivity index (χ1v) is 8.18. The van der Waals surface area contributed by atoms with Crippen LogP contribution in [0.1, 0.15) is 17.5 Å². The standard InChI is InChI=1S/C17H21IN2O.2ClH/c18-15-8-4-7-14(11-15)12-20-17(19)16(21)10-9-13-5-2-1-3-6-13;;/h1-8,11,16-17,20-21H,9-10,12,19H2;2*1H. The summed E-state index contributed by atoms with van der Waals surface area (Å²) in [5.74, 6) is 0. The smallest absolute Gasteiger partial charge is 0.0825 e. The van der Waals surface area contributed by atoms with E-state index in [1.54, 1.807) is 0 Å². The third-order valence-electron chi connectivity index (χ3n) is 3.42. The van der Waals surface area contributed by atoms with Crippen molar-refractivity contribution >= 4 is 47.4 Å². The van der Waals surface area contributed by atoms with Gasteiger partial charge in [-0.2, -0.15) is 0 Å². The number of aliphatic hydroxyl groups is 1. The van der Waals surface area contributed by atoms with Crippen molar-refractivity contribution in [3.63, 3.8) is 0 Å². The Balaban J connectivity index is 0.00000242. The van der Waals surface area contributed by atoms with Crippen LogP contribution in [0, 0.1) is 3.57 Å². The molecule has 0 aliphatic heterocycles. The van der Waals surface area contributed by atoms with E-state index in [1.165, 1.54) is 14.7 Å². The predicted octanol–water partition coefficient (Wildman–Crippen LogP) is 3.50. The Labute approximate surface area is 164 Å². The van der Waals surface area contributed by atoms with Crippen LogP contribution < -0.4 is 11.1 Å². The van der Waals surface area contributed by atoms with Gasteiger partial charge in [-0.25, -0.2) is 0 Å². The molecule has 4 N–H and O–H groups in total. The predicted molar refractivity (Wildman–Crippen MR) is 109 cm³/mol. The molecule has 23 heavy (non-hydrogen) atoms. The van der Waals surface area contributed by atoms with Gasteiger partial charge >= 0.3 is 0 Å². The minimum absolute atomic E-state index is 0. The number of hydrogen-bond acceptors (Lipinski definition) is 3. The normalized spacial score (nSPS) is 12.7. The number of hydrogen-bond donors (Lipinski definition) is 3. The van der Waals surface area contributed by atoms with Gasteiger partial charge in [-0.3, -0.25) is 5.32 Å². The third-order valence-corrected chi connectivity index (χ3v) is 4.09. The number of nitrogens with two attached hydrogens (primary N) is 1. The molecular weight excluding hydrogens is 446 g/mol. The van der Waals surface area contributed by atoms with E-state index in [0.29, 0.717) is 13.0 Å². The molecule has 2 rings (SSSR count). The molecule has 6 heteroatoms. The molecule has 0 aliphatic rings. The lowest BCUT2D eigenvalue weighted by Gasteiger charge is -2.20. The monoisotopic (exact) mass is 468 g/mol. The molecule has 0 spiro atoms. The highest BCUT2D eigenvalue weighted by Crippen LogP contribution is 2.09. The van der Waals surface area contributed by atoms with E-state index in [9.17, 15) is 5.11 Å². The molecule has 0 fully saturated rings. The van der Waals surface area contributed by atoms with Gasteiger partial charge in [0.15, 0.2) is 0 Å². The van der Waals surface area contributed by atoms with E-state index in [-0.39, 0.29) is 24.8 Å². The number of rotatable bonds is 7. The Morgan fingerprint density at radius 1 is 1.00 bits per heavy atom.